The summed E-state index contributed by atoms with van der Waals surface area (Å²) in [5, 5.41) is 2.64. The monoisotopic (exact) mass is 489 g/mol. The summed E-state index contributed by atoms with van der Waals surface area (Å²) >= 11 is 0. The molecule has 5 aliphatic rings. The minimum Gasteiger partial charge on any atom is -0.359 e. The molecule has 2 spiro atoms. The van der Waals surface area contributed by atoms with E-state index < -0.39 is 10.0 Å². The summed E-state index contributed by atoms with van der Waals surface area (Å²) in [6.45, 7) is 2.51. The number of sulfonamides is 1. The number of hydrogen-bond acceptors (Lipinski definition) is 3. The molecule has 1 saturated heterocycles. The van der Waals surface area contributed by atoms with E-state index in [1.54, 1.807) is 0 Å². The van der Waals surface area contributed by atoms with Gasteiger partial charge in [0, 0.05) is 6.04 Å². The van der Waals surface area contributed by atoms with Gasteiger partial charge in [-0.3, -0.25) is 0 Å². The summed E-state index contributed by atoms with van der Waals surface area (Å²) in [5.74, 6) is 1.02. The van der Waals surface area contributed by atoms with Gasteiger partial charge in [-0.1, -0.05) is 61.5 Å². The lowest BCUT2D eigenvalue weighted by molar-refractivity contribution is -0.135. The van der Waals surface area contributed by atoms with E-state index in [2.05, 4.69) is 66.3 Å². The minimum absolute atomic E-state index is 0.0354. The second kappa shape index (κ2) is 7.30. The third-order valence-electron chi connectivity index (χ3n) is 10.2. The molecule has 2 aliphatic heterocycles. The van der Waals surface area contributed by atoms with Crippen LogP contribution < -0.4 is 4.72 Å². The molecule has 7 rings (SSSR count). The molecule has 2 heterocycles. The van der Waals surface area contributed by atoms with Crippen molar-refractivity contribution in [3.8, 4) is 0 Å². The average Bonchev–Trinajstić information content (AvgIpc) is 3.33. The van der Waals surface area contributed by atoms with Crippen LogP contribution in [0.1, 0.15) is 69.8 Å². The molecule has 6 atom stereocenters. The zero-order valence-corrected chi connectivity index (χ0v) is 21.5. The van der Waals surface area contributed by atoms with Gasteiger partial charge in [-0.25, -0.2) is 13.1 Å². The third-order valence-corrected chi connectivity index (χ3v) is 11.0. The highest BCUT2D eigenvalue weighted by Gasteiger charge is 2.66. The molecular weight excluding hydrogens is 454 g/mol. The highest BCUT2D eigenvalue weighted by molar-refractivity contribution is 7.88. The maximum absolute atomic E-state index is 12.0. The van der Waals surface area contributed by atoms with Crippen LogP contribution in [0.15, 0.2) is 65.8 Å². The molecule has 35 heavy (non-hydrogen) atoms. The number of fused-ring (bicyclic) bond motifs is 2. The second-order valence-corrected chi connectivity index (χ2v) is 13.9. The predicted octanol–water partition coefficient (Wildman–Crippen LogP) is 6.00. The van der Waals surface area contributed by atoms with E-state index in [-0.39, 0.29) is 22.7 Å². The molecule has 1 unspecified atom stereocenters. The van der Waals surface area contributed by atoms with Gasteiger partial charge in [-0.2, -0.15) is 0 Å². The van der Waals surface area contributed by atoms with Gasteiger partial charge in [0.15, 0.2) is 0 Å². The smallest absolute Gasteiger partial charge is 0.208 e. The number of hydrogen-bond donors (Lipinski definition) is 1. The molecule has 4 nitrogen and oxygen atoms in total. The van der Waals surface area contributed by atoms with Crippen LogP contribution in [0.5, 0.6) is 0 Å². The molecule has 2 saturated carbocycles. The van der Waals surface area contributed by atoms with Gasteiger partial charge in [0.2, 0.25) is 10.0 Å². The fraction of sp³-hybridized carbons (Fsp3) is 0.533. The van der Waals surface area contributed by atoms with Crippen molar-refractivity contribution in [1.82, 2.24) is 4.72 Å². The first-order chi connectivity index (χ1) is 16.7. The zero-order chi connectivity index (χ0) is 24.1. The fourth-order valence-corrected chi connectivity index (χ4v) is 9.59. The number of nitrogens with one attached hydrogen (secondary N) is 1. The first-order valence-electron chi connectivity index (χ1n) is 13.3. The van der Waals surface area contributed by atoms with Crippen LogP contribution >= 0.6 is 0 Å². The molecule has 3 aliphatic carbocycles. The van der Waals surface area contributed by atoms with Crippen LogP contribution in [-0.2, 0) is 14.8 Å². The molecule has 0 amide bonds. The Morgan fingerprint density at radius 3 is 2.69 bits per heavy atom. The van der Waals surface area contributed by atoms with E-state index in [1.165, 1.54) is 46.6 Å². The Bertz CT molecular complexity index is 1390. The average molecular weight is 490 g/mol. The molecule has 184 valence electrons. The van der Waals surface area contributed by atoms with Gasteiger partial charge < -0.3 is 4.74 Å². The first kappa shape index (κ1) is 22.3. The molecule has 0 radical (unpaired) electrons. The van der Waals surface area contributed by atoms with Crippen LogP contribution in [0, 0.1) is 11.3 Å². The molecule has 5 heteroatoms. The molecule has 3 fully saturated rings. The Morgan fingerprint density at radius 1 is 1.03 bits per heavy atom. The lowest BCUT2D eigenvalue weighted by Crippen LogP contribution is -2.55. The Balaban J connectivity index is 1.24. The van der Waals surface area contributed by atoms with Gasteiger partial charge in [-0.15, -0.1) is 0 Å². The van der Waals surface area contributed by atoms with Gasteiger partial charge in [0.1, 0.15) is 0 Å². The highest BCUT2D eigenvalue weighted by atomic mass is 32.2. The summed E-state index contributed by atoms with van der Waals surface area (Å²) in [4.78, 5) is 0. The summed E-state index contributed by atoms with van der Waals surface area (Å²) in [7, 11) is -3.22. The van der Waals surface area contributed by atoms with Crippen molar-refractivity contribution in [2.24, 2.45) is 11.3 Å². The predicted molar refractivity (Wildman–Crippen MR) is 140 cm³/mol. The third kappa shape index (κ3) is 3.20. The van der Waals surface area contributed by atoms with Crippen molar-refractivity contribution in [1.29, 1.82) is 0 Å². The largest absolute Gasteiger partial charge is 0.359 e. The number of allylic oxidation sites excluding steroid dienone is 1. The van der Waals surface area contributed by atoms with Crippen molar-refractivity contribution in [2.45, 2.75) is 81.5 Å². The van der Waals surface area contributed by atoms with Crippen molar-refractivity contribution in [3.05, 3.63) is 71.3 Å². The molecule has 1 N–H and O–H groups in total. The van der Waals surface area contributed by atoms with Gasteiger partial charge >= 0.3 is 0 Å². The number of benzene rings is 2. The summed E-state index contributed by atoms with van der Waals surface area (Å²) in [6, 6.07) is 15.7. The van der Waals surface area contributed by atoms with Crippen LogP contribution in [0.4, 0.5) is 0 Å². The fourth-order valence-electron chi connectivity index (χ4n) is 8.78. The molecule has 0 aromatic heterocycles. The summed E-state index contributed by atoms with van der Waals surface area (Å²) < 4.78 is 34.1. The maximum atomic E-state index is 12.0. The minimum atomic E-state index is -3.22. The van der Waals surface area contributed by atoms with Crippen molar-refractivity contribution >= 4 is 20.8 Å². The van der Waals surface area contributed by atoms with Crippen molar-refractivity contribution < 1.29 is 13.2 Å². The normalized spacial score (nSPS) is 40.0. The summed E-state index contributed by atoms with van der Waals surface area (Å²) in [6.07, 6.45) is 14.3. The topological polar surface area (TPSA) is 55.4 Å². The standard InChI is InChI=1S/C30H35NO3S/c1-28-14-13-24-18-23-9-10-25(31-35(2,32)33)19-29(23)15-16-30(24,34-29)27(28)12-11-26(28)22-8-7-20-5-3-4-6-21(20)17-22/h3-8,13,17-18,25-27,31H,9-12,14-16,19H2,1-2H3/t25-,26-,27-,28-,29?,30-/m1/s1. The Morgan fingerprint density at radius 2 is 1.86 bits per heavy atom. The molecular formula is C30H35NO3S. The first-order valence-corrected chi connectivity index (χ1v) is 15.2. The van der Waals surface area contributed by atoms with Crippen molar-refractivity contribution in [3.63, 3.8) is 0 Å². The van der Waals surface area contributed by atoms with E-state index >= 15 is 0 Å². The Kier molecular flexibility index (Phi) is 4.64. The van der Waals surface area contributed by atoms with Gasteiger partial charge in [0.25, 0.3) is 0 Å². The van der Waals surface area contributed by atoms with E-state index in [4.69, 9.17) is 4.74 Å². The van der Waals surface area contributed by atoms with Crippen molar-refractivity contribution in [2.75, 3.05) is 6.26 Å². The SMILES string of the molecule is C[C@]12CC=C3C=C4CC[C@@H](NS(C)(=O)=O)CC45CC[C@]3(O5)[C@@H]1CC[C@@H]2c1ccc2ccccc2c1. The molecule has 2 aromatic rings. The van der Waals surface area contributed by atoms with Crippen LogP contribution in [0.25, 0.3) is 10.8 Å². The lowest BCUT2D eigenvalue weighted by Gasteiger charge is -2.54. The highest BCUT2D eigenvalue weighted by Crippen LogP contribution is 2.69. The Labute approximate surface area is 208 Å². The number of rotatable bonds is 3. The van der Waals surface area contributed by atoms with Crippen LogP contribution in [0.3, 0.4) is 0 Å². The lowest BCUT2D eigenvalue weighted by atomic mass is 9.58. The zero-order valence-electron chi connectivity index (χ0n) is 20.7. The molecule has 2 aromatic carbocycles. The quantitative estimate of drug-likeness (QED) is 0.575. The van der Waals surface area contributed by atoms with E-state index in [9.17, 15) is 8.42 Å². The van der Waals surface area contributed by atoms with Crippen LogP contribution in [-0.4, -0.2) is 31.9 Å². The van der Waals surface area contributed by atoms with Gasteiger partial charge in [0.05, 0.1) is 17.5 Å². The second-order valence-electron chi connectivity index (χ2n) is 12.1. The van der Waals surface area contributed by atoms with Gasteiger partial charge in [-0.05, 0) is 96.1 Å². The van der Waals surface area contributed by atoms with E-state index in [0.717, 1.165) is 38.5 Å². The Hall–Kier alpha value is -1.95. The number of ether oxygens (including phenoxy) is 1. The maximum Gasteiger partial charge on any atom is 0.208 e. The summed E-state index contributed by atoms with van der Waals surface area (Å²) in [5.41, 5.74) is 3.94. The van der Waals surface area contributed by atoms with E-state index in [1.807, 2.05) is 0 Å². The molecule has 2 bridgehead atoms. The van der Waals surface area contributed by atoms with Crippen LogP contribution in [0.2, 0.25) is 0 Å². The van der Waals surface area contributed by atoms with E-state index in [0.29, 0.717) is 11.8 Å².